The van der Waals surface area contributed by atoms with Crippen molar-refractivity contribution in [3.63, 3.8) is 0 Å². The van der Waals surface area contributed by atoms with Crippen LogP contribution in [0.1, 0.15) is 21.5 Å². The Labute approximate surface area is 165 Å². The highest BCUT2D eigenvalue weighted by Gasteiger charge is 2.14. The Hall–Kier alpha value is -1.38. The van der Waals surface area contributed by atoms with Crippen LogP contribution in [0, 0.1) is 17.4 Å². The Morgan fingerprint density at radius 3 is 2.42 bits per heavy atom. The van der Waals surface area contributed by atoms with Crippen molar-refractivity contribution >= 4 is 63.1 Å². The molecular weight excluding hydrogens is 459 g/mol. The Kier molecular flexibility index (Phi) is 6.42. The molecule has 0 fully saturated rings. The SMILES string of the molecule is COc1ccc(Cl)cc1C(=O)NC(=S)Nc1cc(C)c(I)c(C)c1. The van der Waals surface area contributed by atoms with Gasteiger partial charge in [-0.25, -0.2) is 0 Å². The average molecular weight is 475 g/mol. The number of rotatable bonds is 3. The topological polar surface area (TPSA) is 50.4 Å². The third kappa shape index (κ3) is 4.58. The smallest absolute Gasteiger partial charge is 0.261 e. The van der Waals surface area contributed by atoms with E-state index >= 15 is 0 Å². The first-order valence-electron chi connectivity index (χ1n) is 7.04. The van der Waals surface area contributed by atoms with Crippen molar-refractivity contribution in [3.8, 4) is 5.75 Å². The highest BCUT2D eigenvalue weighted by atomic mass is 127. The van der Waals surface area contributed by atoms with Gasteiger partial charge in [0.15, 0.2) is 5.11 Å². The maximum Gasteiger partial charge on any atom is 0.261 e. The minimum Gasteiger partial charge on any atom is -0.496 e. The quantitative estimate of drug-likeness (QED) is 0.500. The van der Waals surface area contributed by atoms with Crippen LogP contribution in [0.2, 0.25) is 5.02 Å². The van der Waals surface area contributed by atoms with Gasteiger partial charge in [-0.3, -0.25) is 10.1 Å². The van der Waals surface area contributed by atoms with Gasteiger partial charge in [0.1, 0.15) is 5.75 Å². The summed E-state index contributed by atoms with van der Waals surface area (Å²) in [5, 5.41) is 6.33. The van der Waals surface area contributed by atoms with Gasteiger partial charge in [0.2, 0.25) is 0 Å². The lowest BCUT2D eigenvalue weighted by Gasteiger charge is -2.13. The number of methoxy groups -OCH3 is 1. The molecule has 0 atom stereocenters. The summed E-state index contributed by atoms with van der Waals surface area (Å²) in [4.78, 5) is 12.4. The van der Waals surface area contributed by atoms with E-state index in [4.69, 9.17) is 28.6 Å². The lowest BCUT2D eigenvalue weighted by molar-refractivity contribution is 0.0975. The van der Waals surface area contributed by atoms with Crippen molar-refractivity contribution < 1.29 is 9.53 Å². The Balaban J connectivity index is 2.13. The first kappa shape index (κ1) is 19.0. The molecule has 0 aliphatic rings. The number of carbonyl (C=O) groups excluding carboxylic acids is 1. The lowest BCUT2D eigenvalue weighted by atomic mass is 10.1. The molecule has 0 heterocycles. The van der Waals surface area contributed by atoms with Gasteiger partial charge in [-0.05, 0) is 90.1 Å². The van der Waals surface area contributed by atoms with Crippen LogP contribution in [-0.2, 0) is 0 Å². The first-order valence-corrected chi connectivity index (χ1v) is 8.91. The van der Waals surface area contributed by atoms with Crippen LogP contribution in [0.3, 0.4) is 0 Å². The molecule has 2 rings (SSSR count). The summed E-state index contributed by atoms with van der Waals surface area (Å²) in [5.41, 5.74) is 3.44. The number of ether oxygens (including phenoxy) is 1. The zero-order chi connectivity index (χ0) is 17.9. The molecule has 4 nitrogen and oxygen atoms in total. The highest BCUT2D eigenvalue weighted by molar-refractivity contribution is 14.1. The molecule has 0 aliphatic heterocycles. The molecule has 2 N–H and O–H groups in total. The van der Waals surface area contributed by atoms with E-state index in [0.717, 1.165) is 16.8 Å². The van der Waals surface area contributed by atoms with Gasteiger partial charge < -0.3 is 10.1 Å². The molecule has 0 aliphatic carbocycles. The average Bonchev–Trinajstić information content (AvgIpc) is 2.52. The summed E-state index contributed by atoms with van der Waals surface area (Å²) >= 11 is 13.5. The van der Waals surface area contributed by atoms with Crippen molar-refractivity contribution in [1.29, 1.82) is 0 Å². The molecule has 2 aromatic carbocycles. The predicted octanol–water partition coefficient (Wildman–Crippen LogP) is 4.70. The van der Waals surface area contributed by atoms with E-state index in [2.05, 4.69) is 33.2 Å². The number of thiocarbonyl (C=S) groups is 1. The lowest BCUT2D eigenvalue weighted by Crippen LogP contribution is -2.34. The van der Waals surface area contributed by atoms with Crippen LogP contribution in [-0.4, -0.2) is 18.1 Å². The number of hydrogen-bond acceptors (Lipinski definition) is 3. The van der Waals surface area contributed by atoms with E-state index in [1.54, 1.807) is 12.1 Å². The molecule has 0 unspecified atom stereocenters. The summed E-state index contributed by atoms with van der Waals surface area (Å²) in [6.07, 6.45) is 0. The molecule has 2 aromatic rings. The number of benzene rings is 2. The minimum absolute atomic E-state index is 0.210. The second-order valence-corrected chi connectivity index (χ2v) is 7.10. The number of nitrogens with one attached hydrogen (secondary N) is 2. The second kappa shape index (κ2) is 8.13. The van der Waals surface area contributed by atoms with Crippen molar-refractivity contribution in [2.75, 3.05) is 12.4 Å². The zero-order valence-corrected chi connectivity index (χ0v) is 17.1. The van der Waals surface area contributed by atoms with Crippen LogP contribution in [0.5, 0.6) is 5.75 Å². The van der Waals surface area contributed by atoms with Crippen LogP contribution in [0.25, 0.3) is 0 Å². The fourth-order valence-electron chi connectivity index (χ4n) is 2.21. The van der Waals surface area contributed by atoms with Crippen molar-refractivity contribution in [1.82, 2.24) is 5.32 Å². The second-order valence-electron chi connectivity index (χ2n) is 5.18. The molecule has 0 bridgehead atoms. The monoisotopic (exact) mass is 474 g/mol. The minimum atomic E-state index is -0.384. The Morgan fingerprint density at radius 1 is 1.21 bits per heavy atom. The number of carbonyl (C=O) groups is 1. The Morgan fingerprint density at radius 2 is 1.83 bits per heavy atom. The molecule has 1 amide bonds. The summed E-state index contributed by atoms with van der Waals surface area (Å²) in [6, 6.07) is 8.79. The number of anilines is 1. The van der Waals surface area contributed by atoms with Crippen molar-refractivity contribution in [3.05, 3.63) is 55.6 Å². The third-order valence-corrected chi connectivity index (χ3v) is 5.47. The standard InChI is InChI=1S/C17H16ClIN2O2S/c1-9-6-12(7-10(2)15(9)19)20-17(24)21-16(22)13-8-11(18)4-5-14(13)23-3/h4-8H,1-3H3,(H2,20,21,22,24). The number of amides is 1. The summed E-state index contributed by atoms with van der Waals surface area (Å²) in [5.74, 6) is 0.0476. The largest absolute Gasteiger partial charge is 0.496 e. The zero-order valence-electron chi connectivity index (χ0n) is 13.4. The maximum absolute atomic E-state index is 12.4. The van der Waals surface area contributed by atoms with Gasteiger partial charge in [0.05, 0.1) is 12.7 Å². The van der Waals surface area contributed by atoms with Gasteiger partial charge in [0, 0.05) is 14.3 Å². The number of hydrogen-bond donors (Lipinski definition) is 2. The van der Waals surface area contributed by atoms with Gasteiger partial charge in [-0.1, -0.05) is 11.6 Å². The van der Waals surface area contributed by atoms with Gasteiger partial charge >= 0.3 is 0 Å². The maximum atomic E-state index is 12.4. The van der Waals surface area contributed by atoms with Crippen LogP contribution in [0.15, 0.2) is 30.3 Å². The Bertz CT molecular complexity index is 788. The summed E-state index contributed by atoms with van der Waals surface area (Å²) in [6.45, 7) is 4.05. The fourth-order valence-corrected chi connectivity index (χ4v) is 2.90. The molecule has 0 radical (unpaired) electrons. The normalized spacial score (nSPS) is 10.2. The van der Waals surface area contributed by atoms with Crippen LogP contribution >= 0.6 is 46.4 Å². The van der Waals surface area contributed by atoms with Crippen molar-refractivity contribution in [2.24, 2.45) is 0 Å². The van der Waals surface area contributed by atoms with E-state index in [1.165, 1.54) is 16.7 Å². The van der Waals surface area contributed by atoms with E-state index in [0.29, 0.717) is 16.3 Å². The molecule has 7 heteroatoms. The first-order chi connectivity index (χ1) is 11.3. The van der Waals surface area contributed by atoms with Crippen LogP contribution in [0.4, 0.5) is 5.69 Å². The van der Waals surface area contributed by atoms with Gasteiger partial charge in [-0.2, -0.15) is 0 Å². The van der Waals surface area contributed by atoms with Gasteiger partial charge in [-0.15, -0.1) is 0 Å². The molecule has 0 saturated heterocycles. The molecule has 0 spiro atoms. The highest BCUT2D eigenvalue weighted by Crippen LogP contribution is 2.23. The molecular formula is C17H16ClIN2O2S. The van der Waals surface area contributed by atoms with E-state index in [9.17, 15) is 4.79 Å². The fraction of sp³-hybridized carbons (Fsp3) is 0.176. The van der Waals surface area contributed by atoms with Crippen LogP contribution < -0.4 is 15.4 Å². The third-order valence-electron chi connectivity index (χ3n) is 3.33. The predicted molar refractivity (Wildman–Crippen MR) is 110 cm³/mol. The molecule has 0 saturated carbocycles. The number of aryl methyl sites for hydroxylation is 2. The molecule has 24 heavy (non-hydrogen) atoms. The molecule has 0 aromatic heterocycles. The van der Waals surface area contributed by atoms with E-state index in [-0.39, 0.29) is 11.0 Å². The van der Waals surface area contributed by atoms with Crippen molar-refractivity contribution in [2.45, 2.75) is 13.8 Å². The summed E-state index contributed by atoms with van der Waals surface area (Å²) < 4.78 is 6.39. The van der Waals surface area contributed by atoms with E-state index < -0.39 is 0 Å². The number of halogens is 2. The molecule has 126 valence electrons. The summed E-state index contributed by atoms with van der Waals surface area (Å²) in [7, 11) is 1.49. The van der Waals surface area contributed by atoms with E-state index in [1.807, 2.05) is 26.0 Å². The van der Waals surface area contributed by atoms with Gasteiger partial charge in [0.25, 0.3) is 5.91 Å².